The predicted octanol–water partition coefficient (Wildman–Crippen LogP) is 1.78. The van der Waals surface area contributed by atoms with Gasteiger partial charge in [0.25, 0.3) is 5.91 Å². The summed E-state index contributed by atoms with van der Waals surface area (Å²) in [6, 6.07) is 8.52. The maximum Gasteiger partial charge on any atom is 0.338 e. The number of piperazine rings is 1. The fraction of sp³-hybridized carbons (Fsp3) is 0.368. The summed E-state index contributed by atoms with van der Waals surface area (Å²) in [6.07, 6.45) is 1.37. The van der Waals surface area contributed by atoms with Crippen LogP contribution in [0.5, 0.6) is 0 Å². The number of aromatic nitrogens is 2. The van der Waals surface area contributed by atoms with Crippen LogP contribution in [0.15, 0.2) is 36.7 Å². The summed E-state index contributed by atoms with van der Waals surface area (Å²) in [4.78, 5) is 36.6. The summed E-state index contributed by atoms with van der Waals surface area (Å²) in [5.74, 6) is 0.0729. The fourth-order valence-corrected chi connectivity index (χ4v) is 2.77. The monoisotopic (exact) mass is 369 g/mol. The van der Waals surface area contributed by atoms with E-state index in [0.29, 0.717) is 36.8 Å². The standard InChI is InChI=1S/C19H23N5O3/c1-3-27-19(26)14-4-6-15(7-5-14)22-17-12-16(20-13-21-17)18(25)24-10-8-23(2)9-11-24/h4-7,12-13H,3,8-11H2,1-2H3,(H,20,21,22). The zero-order valence-electron chi connectivity index (χ0n) is 15.5. The van der Waals surface area contributed by atoms with Crippen LogP contribution >= 0.6 is 0 Å². The lowest BCUT2D eigenvalue weighted by Crippen LogP contribution is -2.47. The Morgan fingerprint density at radius 2 is 1.81 bits per heavy atom. The van der Waals surface area contributed by atoms with Crippen molar-refractivity contribution in [1.82, 2.24) is 19.8 Å². The lowest BCUT2D eigenvalue weighted by molar-refractivity contribution is 0.0526. The molecule has 2 heterocycles. The third-order valence-corrected chi connectivity index (χ3v) is 4.35. The number of benzene rings is 1. The first-order chi connectivity index (χ1) is 13.1. The van der Waals surface area contributed by atoms with Crippen LogP contribution in [-0.4, -0.2) is 71.5 Å². The molecular weight excluding hydrogens is 346 g/mol. The number of likely N-dealkylation sites (N-methyl/N-ethyl adjacent to an activating group) is 1. The largest absolute Gasteiger partial charge is 0.462 e. The molecule has 1 N–H and O–H groups in total. The second-order valence-corrected chi connectivity index (χ2v) is 6.31. The van der Waals surface area contributed by atoms with Gasteiger partial charge in [-0.2, -0.15) is 0 Å². The molecule has 2 aromatic rings. The Bertz CT molecular complexity index is 801. The molecule has 0 spiro atoms. The van der Waals surface area contributed by atoms with E-state index in [0.717, 1.165) is 18.8 Å². The van der Waals surface area contributed by atoms with E-state index in [2.05, 4.69) is 20.2 Å². The van der Waals surface area contributed by atoms with Gasteiger partial charge < -0.3 is 19.9 Å². The molecule has 0 bridgehead atoms. The van der Waals surface area contributed by atoms with Crippen molar-refractivity contribution in [3.05, 3.63) is 47.9 Å². The molecule has 142 valence electrons. The van der Waals surface area contributed by atoms with E-state index in [1.807, 2.05) is 7.05 Å². The molecule has 0 radical (unpaired) electrons. The van der Waals surface area contributed by atoms with Crippen LogP contribution < -0.4 is 5.32 Å². The van der Waals surface area contributed by atoms with Gasteiger partial charge in [-0.15, -0.1) is 0 Å². The van der Waals surface area contributed by atoms with E-state index < -0.39 is 0 Å². The number of nitrogens with zero attached hydrogens (tertiary/aromatic N) is 4. The highest BCUT2D eigenvalue weighted by molar-refractivity contribution is 5.93. The van der Waals surface area contributed by atoms with Gasteiger partial charge in [0.2, 0.25) is 0 Å². The average Bonchev–Trinajstić information content (AvgIpc) is 2.69. The highest BCUT2D eigenvalue weighted by Crippen LogP contribution is 2.17. The first-order valence-corrected chi connectivity index (χ1v) is 8.91. The van der Waals surface area contributed by atoms with Crippen LogP contribution in [0.1, 0.15) is 27.8 Å². The molecule has 3 rings (SSSR count). The molecule has 1 aromatic carbocycles. The molecule has 0 atom stereocenters. The maximum atomic E-state index is 12.6. The van der Waals surface area contributed by atoms with Gasteiger partial charge in [0.1, 0.15) is 17.8 Å². The Kier molecular flexibility index (Phi) is 5.97. The molecule has 0 unspecified atom stereocenters. The minimum atomic E-state index is -0.355. The second kappa shape index (κ2) is 8.59. The molecule has 1 aromatic heterocycles. The quantitative estimate of drug-likeness (QED) is 0.804. The molecule has 27 heavy (non-hydrogen) atoms. The number of nitrogens with one attached hydrogen (secondary N) is 1. The van der Waals surface area contributed by atoms with Gasteiger partial charge in [0.15, 0.2) is 0 Å². The number of hydrogen-bond acceptors (Lipinski definition) is 7. The van der Waals surface area contributed by atoms with Crippen LogP contribution in [0.3, 0.4) is 0 Å². The normalized spacial score (nSPS) is 14.7. The van der Waals surface area contributed by atoms with Crippen LogP contribution in [-0.2, 0) is 4.74 Å². The van der Waals surface area contributed by atoms with Gasteiger partial charge in [-0.3, -0.25) is 4.79 Å². The van der Waals surface area contributed by atoms with Crippen molar-refractivity contribution in [3.8, 4) is 0 Å². The molecule has 0 saturated carbocycles. The highest BCUT2D eigenvalue weighted by Gasteiger charge is 2.21. The van der Waals surface area contributed by atoms with E-state index in [4.69, 9.17) is 4.74 Å². The van der Waals surface area contributed by atoms with Crippen molar-refractivity contribution in [3.63, 3.8) is 0 Å². The Morgan fingerprint density at radius 1 is 1.11 bits per heavy atom. The van der Waals surface area contributed by atoms with E-state index in [1.54, 1.807) is 42.2 Å². The van der Waals surface area contributed by atoms with Crippen LogP contribution in [0.4, 0.5) is 11.5 Å². The zero-order valence-corrected chi connectivity index (χ0v) is 15.5. The molecular formula is C19H23N5O3. The number of rotatable bonds is 5. The van der Waals surface area contributed by atoms with Gasteiger partial charge in [0.05, 0.1) is 12.2 Å². The molecule has 1 amide bonds. The van der Waals surface area contributed by atoms with E-state index in [-0.39, 0.29) is 11.9 Å². The summed E-state index contributed by atoms with van der Waals surface area (Å²) in [5.41, 5.74) is 1.59. The lowest BCUT2D eigenvalue weighted by Gasteiger charge is -2.32. The van der Waals surface area contributed by atoms with Crippen LogP contribution in [0.25, 0.3) is 0 Å². The summed E-state index contributed by atoms with van der Waals surface area (Å²) < 4.78 is 4.97. The van der Waals surface area contributed by atoms with Crippen LogP contribution in [0, 0.1) is 0 Å². The van der Waals surface area contributed by atoms with E-state index in [1.165, 1.54) is 6.33 Å². The topological polar surface area (TPSA) is 87.7 Å². The number of amides is 1. The fourth-order valence-electron chi connectivity index (χ4n) is 2.77. The van der Waals surface area contributed by atoms with Crippen molar-refractivity contribution in [2.24, 2.45) is 0 Å². The Morgan fingerprint density at radius 3 is 2.48 bits per heavy atom. The molecule has 1 aliphatic heterocycles. The number of carbonyl (C=O) groups is 2. The average molecular weight is 369 g/mol. The Balaban J connectivity index is 1.67. The van der Waals surface area contributed by atoms with Crippen molar-refractivity contribution in [2.75, 3.05) is 45.2 Å². The molecule has 8 heteroatoms. The predicted molar refractivity (Wildman–Crippen MR) is 101 cm³/mol. The summed E-state index contributed by atoms with van der Waals surface area (Å²) in [6.45, 7) is 5.20. The maximum absolute atomic E-state index is 12.6. The van der Waals surface area contributed by atoms with Gasteiger partial charge in [-0.1, -0.05) is 0 Å². The number of ether oxygens (including phenoxy) is 1. The SMILES string of the molecule is CCOC(=O)c1ccc(Nc2cc(C(=O)N3CCN(C)CC3)ncn2)cc1. The molecule has 8 nitrogen and oxygen atoms in total. The third-order valence-electron chi connectivity index (χ3n) is 4.35. The van der Waals surface area contributed by atoms with E-state index in [9.17, 15) is 9.59 Å². The Labute approximate surface area is 158 Å². The molecule has 1 saturated heterocycles. The zero-order chi connectivity index (χ0) is 19.2. The van der Waals surface area contributed by atoms with Crippen molar-refractivity contribution < 1.29 is 14.3 Å². The first-order valence-electron chi connectivity index (χ1n) is 8.91. The van der Waals surface area contributed by atoms with Gasteiger partial charge in [-0.05, 0) is 38.2 Å². The van der Waals surface area contributed by atoms with Crippen LogP contribution in [0.2, 0.25) is 0 Å². The minimum absolute atomic E-state index is 0.0915. The summed E-state index contributed by atoms with van der Waals surface area (Å²) in [5, 5.41) is 3.13. The van der Waals surface area contributed by atoms with Crippen molar-refractivity contribution in [2.45, 2.75) is 6.92 Å². The smallest absolute Gasteiger partial charge is 0.338 e. The van der Waals surface area contributed by atoms with Gasteiger partial charge >= 0.3 is 5.97 Å². The number of anilines is 2. The molecule has 0 aliphatic carbocycles. The van der Waals surface area contributed by atoms with Gasteiger partial charge in [-0.25, -0.2) is 14.8 Å². The molecule has 1 fully saturated rings. The Hall–Kier alpha value is -3.00. The van der Waals surface area contributed by atoms with Gasteiger partial charge in [0, 0.05) is 37.9 Å². The number of hydrogen-bond donors (Lipinski definition) is 1. The highest BCUT2D eigenvalue weighted by atomic mass is 16.5. The van der Waals surface area contributed by atoms with E-state index >= 15 is 0 Å². The third kappa shape index (κ3) is 4.79. The lowest BCUT2D eigenvalue weighted by atomic mass is 10.2. The minimum Gasteiger partial charge on any atom is -0.462 e. The number of esters is 1. The summed E-state index contributed by atoms with van der Waals surface area (Å²) >= 11 is 0. The summed E-state index contributed by atoms with van der Waals surface area (Å²) in [7, 11) is 2.04. The number of carbonyl (C=O) groups excluding carboxylic acids is 2. The molecule has 1 aliphatic rings. The second-order valence-electron chi connectivity index (χ2n) is 6.31. The van der Waals surface area contributed by atoms with Crippen molar-refractivity contribution in [1.29, 1.82) is 0 Å². The first kappa shape index (κ1) is 18.8. The van der Waals surface area contributed by atoms with Crippen molar-refractivity contribution >= 4 is 23.4 Å².